The van der Waals surface area contributed by atoms with Gasteiger partial charge >= 0.3 is 5.97 Å². The van der Waals surface area contributed by atoms with Crippen LogP contribution < -0.4 is 0 Å². The molecule has 0 heterocycles. The van der Waals surface area contributed by atoms with Crippen molar-refractivity contribution in [3.63, 3.8) is 0 Å². The Morgan fingerprint density at radius 2 is 1.74 bits per heavy atom. The van der Waals surface area contributed by atoms with Gasteiger partial charge < -0.3 is 9.84 Å². The maximum atomic E-state index is 13.2. The van der Waals surface area contributed by atoms with Crippen molar-refractivity contribution in [2.45, 2.75) is 102 Å². The number of aliphatic hydroxyl groups is 1. The van der Waals surface area contributed by atoms with E-state index in [-0.39, 0.29) is 22.7 Å². The summed E-state index contributed by atoms with van der Waals surface area (Å²) in [5.74, 6) is -0.158. The molecule has 1 aromatic rings. The van der Waals surface area contributed by atoms with E-state index >= 15 is 0 Å². The predicted molar refractivity (Wildman–Crippen MR) is 115 cm³/mol. The number of esters is 1. The summed E-state index contributed by atoms with van der Waals surface area (Å²) in [4.78, 5) is 13.2. The maximum Gasteiger partial charge on any atom is 0.309 e. The molecule has 4 heteroatoms. The number of ether oxygens (including phenoxy) is 1. The summed E-state index contributed by atoms with van der Waals surface area (Å²) >= 11 is 0. The monoisotopic (exact) mass is 390 g/mol. The molecule has 1 aliphatic rings. The number of carbonyl (C=O) groups excluding carboxylic acids is 1. The Balaban J connectivity index is 2.13. The Morgan fingerprint density at radius 1 is 1.15 bits per heavy atom. The molecule has 0 aromatic heterocycles. The second-order valence-corrected chi connectivity index (χ2v) is 15.3. The predicted octanol–water partition coefficient (Wildman–Crippen LogP) is 5.73. The van der Waals surface area contributed by atoms with Gasteiger partial charge in [-0.3, -0.25) is 4.79 Å². The van der Waals surface area contributed by atoms with E-state index in [4.69, 9.17) is 4.74 Å². The Bertz CT molecular complexity index is 585. The first kappa shape index (κ1) is 22.2. The van der Waals surface area contributed by atoms with Crippen molar-refractivity contribution in [2.75, 3.05) is 0 Å². The standard InChI is InChI=1S/C23H38O3Si/c1-23(2,3)27(4,5)21(22(25)26-19-14-10-7-11-15-19)20(24)17-16-18-12-8-6-9-13-18/h6,8-9,12-13,19-21,24H,7,10-11,14-17H2,1-5H3/t20-,21+/m0/s1. The molecule has 0 saturated heterocycles. The Labute approximate surface area is 166 Å². The second kappa shape index (κ2) is 9.38. The minimum absolute atomic E-state index is 0.0109. The molecule has 3 nitrogen and oxygen atoms in total. The molecule has 0 aliphatic heterocycles. The summed E-state index contributed by atoms with van der Waals surface area (Å²) in [6, 6.07) is 10.2. The van der Waals surface area contributed by atoms with Crippen molar-refractivity contribution in [3.05, 3.63) is 35.9 Å². The lowest BCUT2D eigenvalue weighted by Gasteiger charge is -2.44. The van der Waals surface area contributed by atoms with Gasteiger partial charge in [-0.1, -0.05) is 70.6 Å². The number of rotatable bonds is 7. The summed E-state index contributed by atoms with van der Waals surface area (Å²) in [6.07, 6.45) is 6.22. The highest BCUT2D eigenvalue weighted by Gasteiger charge is 2.50. The van der Waals surface area contributed by atoms with Crippen LogP contribution in [0.15, 0.2) is 30.3 Å². The van der Waals surface area contributed by atoms with Crippen LogP contribution in [0.25, 0.3) is 0 Å². The van der Waals surface area contributed by atoms with Gasteiger partial charge in [-0.15, -0.1) is 0 Å². The third-order valence-electron chi connectivity index (χ3n) is 6.76. The highest BCUT2D eigenvalue weighted by atomic mass is 28.3. The van der Waals surface area contributed by atoms with E-state index in [1.807, 2.05) is 18.2 Å². The van der Waals surface area contributed by atoms with E-state index in [1.165, 1.54) is 12.0 Å². The third kappa shape index (κ3) is 5.92. The summed E-state index contributed by atoms with van der Waals surface area (Å²) in [7, 11) is -2.11. The molecule has 152 valence electrons. The molecule has 0 amide bonds. The van der Waals surface area contributed by atoms with E-state index in [9.17, 15) is 9.90 Å². The lowest BCUT2D eigenvalue weighted by atomic mass is 9.98. The van der Waals surface area contributed by atoms with Crippen molar-refractivity contribution in [1.82, 2.24) is 0 Å². The fourth-order valence-corrected chi connectivity index (χ4v) is 6.66. The van der Waals surface area contributed by atoms with Gasteiger partial charge in [0.15, 0.2) is 0 Å². The zero-order valence-electron chi connectivity index (χ0n) is 17.8. The van der Waals surface area contributed by atoms with E-state index < -0.39 is 14.2 Å². The van der Waals surface area contributed by atoms with Crippen molar-refractivity contribution in [2.24, 2.45) is 0 Å². The van der Waals surface area contributed by atoms with Crippen LogP contribution in [0.2, 0.25) is 23.7 Å². The topological polar surface area (TPSA) is 46.5 Å². The normalized spacial score (nSPS) is 18.7. The fourth-order valence-electron chi connectivity index (χ4n) is 3.95. The SMILES string of the molecule is CC(C)(C)[Si](C)(C)[C@@H](C(=O)OC1CCCCC1)[C@@H](O)CCc1ccccc1. The molecule has 0 bridgehead atoms. The summed E-state index contributed by atoms with van der Waals surface area (Å²) in [5.41, 5.74) is 0.814. The molecule has 0 radical (unpaired) electrons. The van der Waals surface area contributed by atoms with E-state index in [2.05, 4.69) is 46.0 Å². The quantitative estimate of drug-likeness (QED) is 0.477. The van der Waals surface area contributed by atoms with Gasteiger partial charge in [0.1, 0.15) is 6.10 Å². The first-order valence-electron chi connectivity index (χ1n) is 10.6. The van der Waals surface area contributed by atoms with Crippen LogP contribution >= 0.6 is 0 Å². The van der Waals surface area contributed by atoms with Gasteiger partial charge in [0, 0.05) is 0 Å². The molecule has 0 spiro atoms. The molecule has 1 N–H and O–H groups in total. The third-order valence-corrected chi connectivity index (χ3v) is 12.8. The number of hydrogen-bond acceptors (Lipinski definition) is 3. The Morgan fingerprint density at radius 3 is 2.30 bits per heavy atom. The zero-order chi connectivity index (χ0) is 20.1. The van der Waals surface area contributed by atoms with Crippen LogP contribution in [0.3, 0.4) is 0 Å². The molecule has 1 saturated carbocycles. The molecule has 0 unspecified atom stereocenters. The van der Waals surface area contributed by atoms with Crippen molar-refractivity contribution >= 4 is 14.0 Å². The number of aliphatic hydroxyl groups excluding tert-OH is 1. The number of benzene rings is 1. The van der Waals surface area contributed by atoms with Crippen LogP contribution in [-0.2, 0) is 16.0 Å². The first-order valence-corrected chi connectivity index (χ1v) is 13.6. The molecule has 27 heavy (non-hydrogen) atoms. The van der Waals surface area contributed by atoms with Crippen LogP contribution in [-0.4, -0.2) is 31.4 Å². The van der Waals surface area contributed by atoms with Crippen LogP contribution in [0.4, 0.5) is 0 Å². The molecular formula is C23H38O3Si. The summed E-state index contributed by atoms with van der Waals surface area (Å²) in [5, 5.41) is 11.1. The van der Waals surface area contributed by atoms with Crippen LogP contribution in [0, 0.1) is 0 Å². The molecule has 1 fully saturated rings. The Kier molecular flexibility index (Phi) is 7.70. The van der Waals surface area contributed by atoms with Gasteiger partial charge in [0.25, 0.3) is 0 Å². The minimum atomic E-state index is -2.11. The molecule has 2 atom stereocenters. The lowest BCUT2D eigenvalue weighted by Crippen LogP contribution is -2.51. The second-order valence-electron chi connectivity index (χ2n) is 9.74. The van der Waals surface area contributed by atoms with Crippen LogP contribution in [0.1, 0.15) is 64.9 Å². The van der Waals surface area contributed by atoms with Gasteiger partial charge in [-0.2, -0.15) is 0 Å². The van der Waals surface area contributed by atoms with Crippen molar-refractivity contribution in [3.8, 4) is 0 Å². The molecule has 1 aliphatic carbocycles. The highest BCUT2D eigenvalue weighted by molar-refractivity contribution is 6.84. The van der Waals surface area contributed by atoms with Crippen molar-refractivity contribution < 1.29 is 14.6 Å². The lowest BCUT2D eigenvalue weighted by molar-refractivity contribution is -0.153. The molecular weight excluding hydrogens is 352 g/mol. The molecule has 1 aromatic carbocycles. The number of aryl methyl sites for hydroxylation is 1. The van der Waals surface area contributed by atoms with E-state index in [0.717, 1.165) is 32.1 Å². The number of carbonyl (C=O) groups is 1. The zero-order valence-corrected chi connectivity index (χ0v) is 18.8. The first-order chi connectivity index (χ1) is 12.6. The van der Waals surface area contributed by atoms with Gasteiger partial charge in [0.2, 0.25) is 0 Å². The van der Waals surface area contributed by atoms with E-state index in [0.29, 0.717) is 6.42 Å². The average molecular weight is 391 g/mol. The maximum absolute atomic E-state index is 13.2. The van der Waals surface area contributed by atoms with Gasteiger partial charge in [-0.05, 0) is 49.1 Å². The summed E-state index contributed by atoms with van der Waals surface area (Å²) in [6.45, 7) is 11.1. The highest BCUT2D eigenvalue weighted by Crippen LogP contribution is 2.46. The van der Waals surface area contributed by atoms with E-state index in [1.54, 1.807) is 0 Å². The van der Waals surface area contributed by atoms with Gasteiger partial charge in [-0.25, -0.2) is 0 Å². The van der Waals surface area contributed by atoms with Crippen molar-refractivity contribution in [1.29, 1.82) is 0 Å². The Hall–Kier alpha value is -1.13. The minimum Gasteiger partial charge on any atom is -0.462 e. The summed E-state index contributed by atoms with van der Waals surface area (Å²) < 4.78 is 5.94. The number of hydrogen-bond donors (Lipinski definition) is 1. The smallest absolute Gasteiger partial charge is 0.309 e. The van der Waals surface area contributed by atoms with Gasteiger partial charge in [0.05, 0.1) is 19.7 Å². The fraction of sp³-hybridized carbons (Fsp3) is 0.696. The average Bonchev–Trinajstić information content (AvgIpc) is 2.60. The van der Waals surface area contributed by atoms with Crippen LogP contribution in [0.5, 0.6) is 0 Å². The largest absolute Gasteiger partial charge is 0.462 e. The molecule has 2 rings (SSSR count).